The van der Waals surface area contributed by atoms with Crippen molar-refractivity contribution in [2.75, 3.05) is 33.2 Å². The zero-order valence-corrected chi connectivity index (χ0v) is 13.3. The van der Waals surface area contributed by atoms with Gasteiger partial charge >= 0.3 is 0 Å². The molecule has 4 heteroatoms. The van der Waals surface area contributed by atoms with Crippen LogP contribution in [0.2, 0.25) is 0 Å². The van der Waals surface area contributed by atoms with Crippen molar-refractivity contribution in [2.45, 2.75) is 38.5 Å². The second-order valence-electron chi connectivity index (χ2n) is 7.79. The van der Waals surface area contributed by atoms with E-state index in [9.17, 15) is 4.79 Å². The molecule has 0 spiro atoms. The standard InChI is InChI=1S/C16H26N2O.ClH/c1-17-2-4-18(5-3-17)15(19)16-9-12-6-13(10-16)8-14(7-12)11-16;/h12-14H,2-11H2,1H3;1H. The number of rotatable bonds is 1. The number of likely N-dealkylation sites (N-methyl/N-ethyl adjacent to an activating group) is 1. The van der Waals surface area contributed by atoms with E-state index < -0.39 is 0 Å². The van der Waals surface area contributed by atoms with Gasteiger partial charge in [-0.05, 0) is 63.3 Å². The molecule has 1 saturated heterocycles. The van der Waals surface area contributed by atoms with E-state index in [4.69, 9.17) is 0 Å². The molecule has 3 nitrogen and oxygen atoms in total. The first-order valence-electron chi connectivity index (χ1n) is 8.12. The monoisotopic (exact) mass is 298 g/mol. The number of hydrogen-bond donors (Lipinski definition) is 0. The van der Waals surface area contributed by atoms with E-state index in [1.54, 1.807) is 0 Å². The van der Waals surface area contributed by atoms with E-state index in [1.807, 2.05) is 0 Å². The number of nitrogens with zero attached hydrogens (tertiary/aromatic N) is 2. The maximum absolute atomic E-state index is 13.1. The van der Waals surface area contributed by atoms with Gasteiger partial charge in [0.25, 0.3) is 0 Å². The first-order valence-corrected chi connectivity index (χ1v) is 8.12. The van der Waals surface area contributed by atoms with Gasteiger partial charge in [0.1, 0.15) is 0 Å². The van der Waals surface area contributed by atoms with Crippen molar-refractivity contribution >= 4 is 18.3 Å². The van der Waals surface area contributed by atoms with Crippen LogP contribution in [-0.2, 0) is 4.79 Å². The summed E-state index contributed by atoms with van der Waals surface area (Å²) in [6.07, 6.45) is 7.92. The summed E-state index contributed by atoms with van der Waals surface area (Å²) in [7, 11) is 2.16. The molecule has 114 valence electrons. The lowest BCUT2D eigenvalue weighted by Crippen LogP contribution is -2.57. The Morgan fingerprint density at radius 3 is 1.80 bits per heavy atom. The van der Waals surface area contributed by atoms with Gasteiger partial charge < -0.3 is 9.80 Å². The van der Waals surface area contributed by atoms with Crippen molar-refractivity contribution in [1.29, 1.82) is 0 Å². The van der Waals surface area contributed by atoms with Gasteiger partial charge in [0.15, 0.2) is 0 Å². The first-order chi connectivity index (χ1) is 9.14. The smallest absolute Gasteiger partial charge is 0.228 e. The highest BCUT2D eigenvalue weighted by atomic mass is 35.5. The van der Waals surface area contributed by atoms with Crippen molar-refractivity contribution in [3.8, 4) is 0 Å². The molecule has 0 atom stereocenters. The molecule has 0 radical (unpaired) electrons. The van der Waals surface area contributed by atoms with Crippen LogP contribution >= 0.6 is 12.4 Å². The molecule has 1 heterocycles. The average Bonchev–Trinajstić information content (AvgIpc) is 2.37. The minimum Gasteiger partial charge on any atom is -0.340 e. The summed E-state index contributed by atoms with van der Waals surface area (Å²) in [4.78, 5) is 17.6. The summed E-state index contributed by atoms with van der Waals surface area (Å²) < 4.78 is 0. The molecule has 0 aromatic heterocycles. The van der Waals surface area contributed by atoms with Gasteiger partial charge in [-0.2, -0.15) is 0 Å². The Labute approximate surface area is 128 Å². The average molecular weight is 299 g/mol. The van der Waals surface area contributed by atoms with E-state index in [0.29, 0.717) is 5.91 Å². The number of carbonyl (C=O) groups excluding carboxylic acids is 1. The Hall–Kier alpha value is -0.280. The number of hydrogen-bond acceptors (Lipinski definition) is 2. The Morgan fingerprint density at radius 1 is 0.900 bits per heavy atom. The Balaban J connectivity index is 0.00000121. The van der Waals surface area contributed by atoms with Gasteiger partial charge in [0, 0.05) is 26.2 Å². The fraction of sp³-hybridized carbons (Fsp3) is 0.938. The van der Waals surface area contributed by atoms with Crippen LogP contribution in [0.1, 0.15) is 38.5 Å². The van der Waals surface area contributed by atoms with Crippen molar-refractivity contribution < 1.29 is 4.79 Å². The highest BCUT2D eigenvalue weighted by Gasteiger charge is 2.55. The van der Waals surface area contributed by atoms with Crippen molar-refractivity contribution in [3.05, 3.63) is 0 Å². The van der Waals surface area contributed by atoms with Crippen LogP contribution in [0.25, 0.3) is 0 Å². The zero-order valence-electron chi connectivity index (χ0n) is 12.5. The molecule has 0 aromatic carbocycles. The van der Waals surface area contributed by atoms with Gasteiger partial charge in [0.2, 0.25) is 5.91 Å². The summed E-state index contributed by atoms with van der Waals surface area (Å²) in [5.74, 6) is 3.16. The number of halogens is 1. The molecule has 0 N–H and O–H groups in total. The fourth-order valence-electron chi connectivity index (χ4n) is 5.72. The first kappa shape index (κ1) is 14.6. The largest absolute Gasteiger partial charge is 0.340 e. The summed E-state index contributed by atoms with van der Waals surface area (Å²) in [6.45, 7) is 4.02. The normalized spacial score (nSPS) is 43.5. The lowest BCUT2D eigenvalue weighted by Gasteiger charge is -2.57. The van der Waals surface area contributed by atoms with Crippen molar-refractivity contribution in [1.82, 2.24) is 9.80 Å². The lowest BCUT2D eigenvalue weighted by molar-refractivity contribution is -0.159. The molecule has 5 aliphatic rings. The van der Waals surface area contributed by atoms with E-state index in [2.05, 4.69) is 16.8 Å². The highest BCUT2D eigenvalue weighted by molar-refractivity contribution is 5.85. The molecule has 5 fully saturated rings. The topological polar surface area (TPSA) is 23.6 Å². The fourth-order valence-corrected chi connectivity index (χ4v) is 5.72. The third kappa shape index (κ3) is 2.27. The van der Waals surface area contributed by atoms with Crippen molar-refractivity contribution in [2.24, 2.45) is 23.2 Å². The van der Waals surface area contributed by atoms with Gasteiger partial charge in [0.05, 0.1) is 5.41 Å². The molecular weight excluding hydrogens is 272 g/mol. The predicted molar refractivity (Wildman–Crippen MR) is 81.9 cm³/mol. The van der Waals surface area contributed by atoms with Crippen LogP contribution in [0.15, 0.2) is 0 Å². The van der Waals surface area contributed by atoms with E-state index >= 15 is 0 Å². The second-order valence-corrected chi connectivity index (χ2v) is 7.79. The molecule has 1 aliphatic heterocycles. The van der Waals surface area contributed by atoms with E-state index in [-0.39, 0.29) is 17.8 Å². The number of carbonyl (C=O) groups is 1. The van der Waals surface area contributed by atoms with Crippen LogP contribution in [0.4, 0.5) is 0 Å². The molecule has 4 aliphatic carbocycles. The molecular formula is C16H27ClN2O. The third-order valence-corrected chi connectivity index (χ3v) is 6.28. The number of amides is 1. The van der Waals surface area contributed by atoms with E-state index in [1.165, 1.54) is 38.5 Å². The van der Waals surface area contributed by atoms with Gasteiger partial charge in [-0.15, -0.1) is 12.4 Å². The SMILES string of the molecule is CN1CCN(C(=O)C23CC4CC(CC(C4)C2)C3)CC1.Cl. The molecule has 0 aromatic rings. The van der Waals surface area contributed by atoms with Crippen LogP contribution < -0.4 is 0 Å². The Bertz CT molecular complexity index is 355. The summed E-state index contributed by atoms with van der Waals surface area (Å²) >= 11 is 0. The Kier molecular flexibility index (Phi) is 3.79. The summed E-state index contributed by atoms with van der Waals surface area (Å²) in [5.41, 5.74) is 0.0741. The third-order valence-electron chi connectivity index (χ3n) is 6.28. The predicted octanol–water partition coefficient (Wildman–Crippen LogP) is 2.40. The quantitative estimate of drug-likeness (QED) is 0.742. The molecule has 4 bridgehead atoms. The molecule has 0 unspecified atom stereocenters. The molecule has 4 saturated carbocycles. The van der Waals surface area contributed by atoms with Crippen LogP contribution in [-0.4, -0.2) is 48.9 Å². The van der Waals surface area contributed by atoms with Crippen LogP contribution in [0, 0.1) is 23.2 Å². The minimum absolute atomic E-state index is 0. The van der Waals surface area contributed by atoms with Gasteiger partial charge in [-0.1, -0.05) is 0 Å². The van der Waals surface area contributed by atoms with Gasteiger partial charge in [-0.3, -0.25) is 4.79 Å². The molecule has 5 rings (SSSR count). The lowest BCUT2D eigenvalue weighted by atomic mass is 9.49. The number of piperazine rings is 1. The second kappa shape index (κ2) is 5.17. The Morgan fingerprint density at radius 2 is 1.35 bits per heavy atom. The van der Waals surface area contributed by atoms with Crippen LogP contribution in [0.5, 0.6) is 0 Å². The molecule has 1 amide bonds. The van der Waals surface area contributed by atoms with Crippen LogP contribution in [0.3, 0.4) is 0 Å². The molecule has 20 heavy (non-hydrogen) atoms. The zero-order chi connectivity index (χ0) is 13.0. The minimum atomic E-state index is 0. The summed E-state index contributed by atoms with van der Waals surface area (Å²) in [5, 5.41) is 0. The van der Waals surface area contributed by atoms with E-state index in [0.717, 1.165) is 43.9 Å². The maximum atomic E-state index is 13.1. The maximum Gasteiger partial charge on any atom is 0.228 e. The van der Waals surface area contributed by atoms with Crippen molar-refractivity contribution in [3.63, 3.8) is 0 Å². The van der Waals surface area contributed by atoms with Gasteiger partial charge in [-0.25, -0.2) is 0 Å². The summed E-state index contributed by atoms with van der Waals surface area (Å²) in [6, 6.07) is 0. The highest BCUT2D eigenvalue weighted by Crippen LogP contribution is 2.60.